The molecule has 0 amide bonds. The number of hydrogen-bond donors (Lipinski definition) is 1. The van der Waals surface area contributed by atoms with Gasteiger partial charge >= 0.3 is 0 Å². The number of benzene rings is 2. The molecule has 138 valence electrons. The summed E-state index contributed by atoms with van der Waals surface area (Å²) in [7, 11) is -3.49. The molecular weight excluding hydrogens is 348 g/mol. The van der Waals surface area contributed by atoms with Crippen molar-refractivity contribution in [3.63, 3.8) is 0 Å². The molecule has 0 spiro atoms. The fourth-order valence-electron chi connectivity index (χ4n) is 2.84. The highest BCUT2D eigenvalue weighted by atomic mass is 32.2. The molecule has 0 atom stereocenters. The molecule has 0 bridgehead atoms. The lowest BCUT2D eigenvalue weighted by Crippen LogP contribution is -2.36. The second-order valence-electron chi connectivity index (χ2n) is 6.24. The van der Waals surface area contributed by atoms with Crippen LogP contribution in [0.25, 0.3) is 6.08 Å². The highest BCUT2D eigenvalue weighted by molar-refractivity contribution is 7.92. The molecule has 26 heavy (non-hydrogen) atoms. The largest absolute Gasteiger partial charge is 0.379 e. The summed E-state index contributed by atoms with van der Waals surface area (Å²) in [6.07, 6.45) is 1.60. The maximum atomic E-state index is 12.3. The number of nitrogens with zero attached hydrogens (tertiary/aromatic N) is 1. The van der Waals surface area contributed by atoms with E-state index in [2.05, 4.69) is 15.7 Å². The van der Waals surface area contributed by atoms with E-state index >= 15 is 0 Å². The van der Waals surface area contributed by atoms with Crippen LogP contribution in [-0.2, 0) is 27.8 Å². The van der Waals surface area contributed by atoms with Crippen molar-refractivity contribution in [1.82, 2.24) is 9.62 Å². The van der Waals surface area contributed by atoms with E-state index in [1.54, 1.807) is 6.08 Å². The summed E-state index contributed by atoms with van der Waals surface area (Å²) in [5, 5.41) is 1.22. The minimum absolute atomic E-state index is 0.280. The molecule has 0 radical (unpaired) electrons. The van der Waals surface area contributed by atoms with E-state index in [1.165, 1.54) is 5.41 Å². The van der Waals surface area contributed by atoms with E-state index in [4.69, 9.17) is 4.74 Å². The Morgan fingerprint density at radius 3 is 2.35 bits per heavy atom. The molecule has 1 heterocycles. The first-order valence-electron chi connectivity index (χ1n) is 8.72. The zero-order valence-electron chi connectivity index (χ0n) is 14.7. The molecule has 1 aliphatic heterocycles. The molecule has 2 aromatic carbocycles. The minimum atomic E-state index is -3.49. The van der Waals surface area contributed by atoms with Gasteiger partial charge in [-0.2, -0.15) is 0 Å². The molecule has 1 aliphatic rings. The SMILES string of the molecule is O=S(=O)(C=Cc1ccccc1)NCc1ccccc1CN1CCOCC1. The van der Waals surface area contributed by atoms with Crippen LogP contribution in [0.3, 0.4) is 0 Å². The number of nitrogens with one attached hydrogen (secondary N) is 1. The molecule has 1 fully saturated rings. The number of rotatable bonds is 7. The average Bonchev–Trinajstić information content (AvgIpc) is 2.68. The fraction of sp³-hybridized carbons (Fsp3) is 0.300. The lowest BCUT2D eigenvalue weighted by Gasteiger charge is -2.27. The molecule has 0 aromatic heterocycles. The van der Waals surface area contributed by atoms with Crippen molar-refractivity contribution in [2.24, 2.45) is 0 Å². The Morgan fingerprint density at radius 1 is 0.962 bits per heavy atom. The predicted octanol–water partition coefficient (Wildman–Crippen LogP) is 2.61. The Kier molecular flexibility index (Phi) is 6.57. The van der Waals surface area contributed by atoms with Crippen LogP contribution in [0.1, 0.15) is 16.7 Å². The number of morpholine rings is 1. The van der Waals surface area contributed by atoms with Gasteiger partial charge in [-0.1, -0.05) is 54.6 Å². The lowest BCUT2D eigenvalue weighted by atomic mass is 10.1. The van der Waals surface area contributed by atoms with Crippen LogP contribution in [0.5, 0.6) is 0 Å². The van der Waals surface area contributed by atoms with E-state index in [0.29, 0.717) is 0 Å². The van der Waals surface area contributed by atoms with E-state index in [0.717, 1.165) is 49.5 Å². The van der Waals surface area contributed by atoms with Crippen LogP contribution in [0.4, 0.5) is 0 Å². The van der Waals surface area contributed by atoms with Crippen LogP contribution in [0.2, 0.25) is 0 Å². The number of sulfonamides is 1. The number of ether oxygens (including phenoxy) is 1. The second-order valence-corrected chi connectivity index (χ2v) is 7.89. The maximum absolute atomic E-state index is 12.3. The van der Waals surface area contributed by atoms with Gasteiger partial charge in [0, 0.05) is 31.6 Å². The predicted molar refractivity (Wildman–Crippen MR) is 104 cm³/mol. The van der Waals surface area contributed by atoms with Crippen molar-refractivity contribution in [1.29, 1.82) is 0 Å². The Hall–Kier alpha value is -1.99. The van der Waals surface area contributed by atoms with Crippen LogP contribution in [0.15, 0.2) is 60.0 Å². The van der Waals surface area contributed by atoms with Crippen LogP contribution in [-0.4, -0.2) is 39.6 Å². The van der Waals surface area contributed by atoms with Crippen molar-refractivity contribution < 1.29 is 13.2 Å². The van der Waals surface area contributed by atoms with Crippen molar-refractivity contribution >= 4 is 16.1 Å². The summed E-state index contributed by atoms with van der Waals surface area (Å²) in [5.41, 5.74) is 2.99. The van der Waals surface area contributed by atoms with Gasteiger partial charge in [0.15, 0.2) is 0 Å². The van der Waals surface area contributed by atoms with Gasteiger partial charge in [-0.3, -0.25) is 4.90 Å². The summed E-state index contributed by atoms with van der Waals surface area (Å²) in [5.74, 6) is 0. The fourth-order valence-corrected chi connectivity index (χ4v) is 3.63. The molecule has 5 nitrogen and oxygen atoms in total. The molecule has 0 saturated carbocycles. The zero-order valence-corrected chi connectivity index (χ0v) is 15.5. The highest BCUT2D eigenvalue weighted by Crippen LogP contribution is 2.13. The summed E-state index contributed by atoms with van der Waals surface area (Å²) in [6, 6.07) is 17.3. The van der Waals surface area contributed by atoms with Gasteiger partial charge in [-0.05, 0) is 22.8 Å². The third kappa shape index (κ3) is 5.78. The normalized spacial score (nSPS) is 16.2. The van der Waals surface area contributed by atoms with E-state index < -0.39 is 10.0 Å². The van der Waals surface area contributed by atoms with Crippen molar-refractivity contribution in [2.45, 2.75) is 13.1 Å². The Labute approximate surface area is 155 Å². The zero-order chi connectivity index (χ0) is 18.2. The standard InChI is InChI=1S/C20H24N2O3S/c23-26(24,15-10-18-6-2-1-3-7-18)21-16-19-8-4-5-9-20(19)17-22-11-13-25-14-12-22/h1-10,15,21H,11-14,16-17H2. The molecule has 2 aromatic rings. The topological polar surface area (TPSA) is 58.6 Å². The van der Waals surface area contributed by atoms with Crippen LogP contribution >= 0.6 is 0 Å². The lowest BCUT2D eigenvalue weighted by molar-refractivity contribution is 0.0341. The van der Waals surface area contributed by atoms with Crippen molar-refractivity contribution in [3.05, 3.63) is 76.7 Å². The van der Waals surface area contributed by atoms with Gasteiger partial charge in [0.25, 0.3) is 0 Å². The second kappa shape index (κ2) is 9.09. The van der Waals surface area contributed by atoms with Crippen LogP contribution < -0.4 is 4.72 Å². The van der Waals surface area contributed by atoms with Crippen molar-refractivity contribution in [2.75, 3.05) is 26.3 Å². The molecule has 6 heteroatoms. The highest BCUT2D eigenvalue weighted by Gasteiger charge is 2.13. The molecule has 1 saturated heterocycles. The first kappa shape index (κ1) is 18.8. The Balaban J connectivity index is 1.62. The first-order valence-corrected chi connectivity index (χ1v) is 10.3. The van der Waals surface area contributed by atoms with Gasteiger partial charge in [0.1, 0.15) is 0 Å². The quantitative estimate of drug-likeness (QED) is 0.812. The summed E-state index contributed by atoms with van der Waals surface area (Å²) in [4.78, 5) is 2.33. The van der Waals surface area contributed by atoms with E-state index in [1.807, 2.05) is 48.5 Å². The summed E-state index contributed by atoms with van der Waals surface area (Å²) >= 11 is 0. The van der Waals surface area contributed by atoms with Gasteiger partial charge < -0.3 is 4.74 Å². The average molecular weight is 372 g/mol. The Bertz CT molecular complexity index is 829. The third-order valence-corrected chi connectivity index (χ3v) is 5.36. The smallest absolute Gasteiger partial charge is 0.234 e. The van der Waals surface area contributed by atoms with Crippen LogP contribution in [0, 0.1) is 0 Å². The number of hydrogen-bond acceptors (Lipinski definition) is 4. The minimum Gasteiger partial charge on any atom is -0.379 e. The van der Waals surface area contributed by atoms with Gasteiger partial charge in [0.2, 0.25) is 10.0 Å². The Morgan fingerprint density at radius 2 is 1.62 bits per heavy atom. The summed E-state index contributed by atoms with van der Waals surface area (Å²) < 4.78 is 32.6. The monoisotopic (exact) mass is 372 g/mol. The maximum Gasteiger partial charge on any atom is 0.234 e. The first-order chi connectivity index (χ1) is 12.6. The summed E-state index contributed by atoms with van der Waals surface area (Å²) in [6.45, 7) is 4.39. The van der Waals surface area contributed by atoms with Gasteiger partial charge in [-0.25, -0.2) is 13.1 Å². The molecule has 3 rings (SSSR count). The van der Waals surface area contributed by atoms with Gasteiger partial charge in [-0.15, -0.1) is 0 Å². The van der Waals surface area contributed by atoms with E-state index in [-0.39, 0.29) is 6.54 Å². The van der Waals surface area contributed by atoms with Crippen molar-refractivity contribution in [3.8, 4) is 0 Å². The molecule has 1 N–H and O–H groups in total. The molecular formula is C20H24N2O3S. The van der Waals surface area contributed by atoms with Gasteiger partial charge in [0.05, 0.1) is 13.2 Å². The third-order valence-electron chi connectivity index (χ3n) is 4.32. The molecule has 0 unspecified atom stereocenters. The van der Waals surface area contributed by atoms with E-state index in [9.17, 15) is 8.42 Å². The molecule has 0 aliphatic carbocycles.